The molecule has 0 fully saturated rings. The van der Waals surface area contributed by atoms with Gasteiger partial charge in [-0.25, -0.2) is 4.57 Å². The highest BCUT2D eigenvalue weighted by atomic mass is 32.2. The number of hydrogen-bond acceptors (Lipinski definition) is 7. The van der Waals surface area contributed by atoms with E-state index in [2.05, 4.69) is 11.8 Å². The fourth-order valence-electron chi connectivity index (χ4n) is 1.28. The van der Waals surface area contributed by atoms with Crippen LogP contribution in [0.25, 0.3) is 0 Å². The van der Waals surface area contributed by atoms with Gasteiger partial charge in [0, 0.05) is 26.3 Å². The highest BCUT2D eigenvalue weighted by molar-refractivity contribution is 8.13. The average molecular weight is 313 g/mol. The normalized spacial score (nSPS) is 14.6. The van der Waals surface area contributed by atoms with Crippen LogP contribution in [0.2, 0.25) is 0 Å². The number of likely N-dealkylation sites (N-methyl/N-ethyl adjacent to an activating group) is 1. The van der Waals surface area contributed by atoms with Crippen molar-refractivity contribution in [3.63, 3.8) is 0 Å². The topological polar surface area (TPSA) is 65.1 Å². The summed E-state index contributed by atoms with van der Waals surface area (Å²) in [6.07, 6.45) is 1.05. The summed E-state index contributed by atoms with van der Waals surface area (Å²) >= 11 is 1.11. The van der Waals surface area contributed by atoms with E-state index in [1.54, 1.807) is 0 Å². The molecule has 8 heteroatoms. The van der Waals surface area contributed by atoms with Crippen molar-refractivity contribution in [2.75, 3.05) is 46.2 Å². The SMILES string of the molecule is CCCN(C)CCOP(=O)(OC)OCCSC(C)=O. The minimum absolute atomic E-state index is 0.00189. The molecule has 0 spiro atoms. The highest BCUT2D eigenvalue weighted by Gasteiger charge is 2.24. The molecule has 0 saturated heterocycles. The van der Waals surface area contributed by atoms with E-state index >= 15 is 0 Å². The molecule has 0 radical (unpaired) electrons. The minimum atomic E-state index is -3.49. The maximum absolute atomic E-state index is 12.0. The number of thioether (sulfide) groups is 1. The molecule has 0 rings (SSSR count). The zero-order valence-corrected chi connectivity index (χ0v) is 13.8. The molecule has 1 unspecified atom stereocenters. The Kier molecular flexibility index (Phi) is 10.9. The van der Waals surface area contributed by atoms with Crippen LogP contribution in [-0.2, 0) is 22.9 Å². The van der Waals surface area contributed by atoms with Crippen molar-refractivity contribution in [1.29, 1.82) is 0 Å². The molecule has 0 bridgehead atoms. The van der Waals surface area contributed by atoms with Crippen LogP contribution in [0.15, 0.2) is 0 Å². The highest BCUT2D eigenvalue weighted by Crippen LogP contribution is 2.48. The Morgan fingerprint density at radius 2 is 1.89 bits per heavy atom. The first-order valence-electron chi connectivity index (χ1n) is 6.20. The molecule has 0 heterocycles. The molecular formula is C11H24NO5PS. The number of carbonyl (C=O) groups is 1. The maximum Gasteiger partial charge on any atom is 0.474 e. The predicted octanol–water partition coefficient (Wildman–Crippen LogP) is 2.40. The van der Waals surface area contributed by atoms with E-state index in [-0.39, 0.29) is 18.3 Å². The molecule has 0 aliphatic carbocycles. The van der Waals surface area contributed by atoms with Gasteiger partial charge in [0.2, 0.25) is 0 Å². The molecule has 0 saturated carbocycles. The Bertz CT molecular complexity index is 303. The summed E-state index contributed by atoms with van der Waals surface area (Å²) in [5, 5.41) is -0.00189. The van der Waals surface area contributed by atoms with E-state index < -0.39 is 7.82 Å². The van der Waals surface area contributed by atoms with Crippen molar-refractivity contribution in [2.24, 2.45) is 0 Å². The molecule has 0 aromatic carbocycles. The molecule has 0 aliphatic heterocycles. The zero-order chi connectivity index (χ0) is 14.7. The largest absolute Gasteiger partial charge is 0.474 e. The molecule has 114 valence electrons. The summed E-state index contributed by atoms with van der Waals surface area (Å²) in [5.41, 5.74) is 0. The molecule has 0 aromatic rings. The van der Waals surface area contributed by atoms with Gasteiger partial charge in [-0.3, -0.25) is 18.4 Å². The third-order valence-corrected chi connectivity index (χ3v) is 4.41. The number of nitrogens with zero attached hydrogens (tertiary/aromatic N) is 1. The number of carbonyl (C=O) groups excluding carboxylic acids is 1. The van der Waals surface area contributed by atoms with Gasteiger partial charge in [-0.15, -0.1) is 0 Å². The fraction of sp³-hybridized carbons (Fsp3) is 0.909. The van der Waals surface area contributed by atoms with Crippen molar-refractivity contribution in [3.8, 4) is 0 Å². The van der Waals surface area contributed by atoms with E-state index in [0.717, 1.165) is 24.7 Å². The lowest BCUT2D eigenvalue weighted by atomic mass is 10.4. The van der Waals surface area contributed by atoms with Crippen molar-refractivity contribution < 1.29 is 22.9 Å². The first kappa shape index (κ1) is 19.1. The Morgan fingerprint density at radius 3 is 2.42 bits per heavy atom. The predicted molar refractivity (Wildman–Crippen MR) is 77.4 cm³/mol. The van der Waals surface area contributed by atoms with E-state index in [0.29, 0.717) is 12.3 Å². The van der Waals surface area contributed by atoms with E-state index in [1.165, 1.54) is 14.0 Å². The zero-order valence-electron chi connectivity index (χ0n) is 12.1. The van der Waals surface area contributed by atoms with Crippen LogP contribution in [0.3, 0.4) is 0 Å². The van der Waals surface area contributed by atoms with Crippen LogP contribution < -0.4 is 0 Å². The van der Waals surface area contributed by atoms with Gasteiger partial charge in [0.25, 0.3) is 0 Å². The van der Waals surface area contributed by atoms with E-state index in [4.69, 9.17) is 13.6 Å². The fourth-order valence-corrected chi connectivity index (χ4v) is 2.76. The van der Waals surface area contributed by atoms with Gasteiger partial charge in [0.05, 0.1) is 13.2 Å². The van der Waals surface area contributed by atoms with Gasteiger partial charge in [-0.05, 0) is 20.0 Å². The monoisotopic (exact) mass is 313 g/mol. The van der Waals surface area contributed by atoms with Gasteiger partial charge in [-0.1, -0.05) is 18.7 Å². The van der Waals surface area contributed by atoms with Crippen LogP contribution in [0.4, 0.5) is 0 Å². The van der Waals surface area contributed by atoms with Gasteiger partial charge in [0.1, 0.15) is 0 Å². The van der Waals surface area contributed by atoms with E-state index in [1.807, 2.05) is 7.05 Å². The molecule has 0 aliphatic rings. The first-order chi connectivity index (χ1) is 8.93. The molecule has 6 nitrogen and oxygen atoms in total. The van der Waals surface area contributed by atoms with Gasteiger partial charge in [-0.2, -0.15) is 0 Å². The summed E-state index contributed by atoms with van der Waals surface area (Å²) in [5.74, 6) is 0.432. The molecule has 1 atom stereocenters. The standard InChI is InChI=1S/C11H24NO5PS/c1-5-6-12(3)7-8-16-18(14,15-4)17-9-10-19-11(2)13/h5-10H2,1-4H3. The molecule has 0 N–H and O–H groups in total. The van der Waals surface area contributed by atoms with E-state index in [9.17, 15) is 9.36 Å². The van der Waals surface area contributed by atoms with Crippen LogP contribution in [-0.4, -0.2) is 56.2 Å². The third-order valence-electron chi connectivity index (χ3n) is 2.19. The lowest BCUT2D eigenvalue weighted by Gasteiger charge is -2.19. The second kappa shape index (κ2) is 10.8. The summed E-state index contributed by atoms with van der Waals surface area (Å²) in [6.45, 7) is 5.61. The number of hydrogen-bond donors (Lipinski definition) is 0. The number of phosphoric acid groups is 1. The maximum atomic E-state index is 12.0. The second-order valence-corrected chi connectivity index (χ2v) is 6.99. The number of phosphoric ester groups is 1. The lowest BCUT2D eigenvalue weighted by molar-refractivity contribution is -0.109. The Morgan fingerprint density at radius 1 is 1.26 bits per heavy atom. The first-order valence-corrected chi connectivity index (χ1v) is 8.65. The van der Waals surface area contributed by atoms with Crippen LogP contribution >= 0.6 is 19.6 Å². The summed E-state index contributed by atoms with van der Waals surface area (Å²) in [7, 11) is -0.233. The second-order valence-electron chi connectivity index (χ2n) is 3.94. The Balaban J connectivity index is 3.88. The molecule has 19 heavy (non-hydrogen) atoms. The van der Waals surface area contributed by atoms with Crippen molar-refractivity contribution in [2.45, 2.75) is 20.3 Å². The Hall–Kier alpha value is 0.0900. The summed E-state index contributed by atoms with van der Waals surface area (Å²) in [6, 6.07) is 0. The number of rotatable bonds is 11. The summed E-state index contributed by atoms with van der Waals surface area (Å²) in [4.78, 5) is 12.8. The van der Waals surface area contributed by atoms with Crippen molar-refractivity contribution in [3.05, 3.63) is 0 Å². The quantitative estimate of drug-likeness (QED) is 0.428. The molecule has 0 aromatic heterocycles. The smallest absolute Gasteiger partial charge is 0.304 e. The lowest BCUT2D eigenvalue weighted by Crippen LogP contribution is -2.23. The Labute approximate surface area is 119 Å². The third kappa shape index (κ3) is 10.5. The van der Waals surface area contributed by atoms with Gasteiger partial charge in [0.15, 0.2) is 5.12 Å². The average Bonchev–Trinajstić information content (AvgIpc) is 2.35. The molecule has 0 amide bonds. The van der Waals surface area contributed by atoms with Crippen molar-refractivity contribution in [1.82, 2.24) is 4.90 Å². The van der Waals surface area contributed by atoms with Crippen molar-refractivity contribution >= 4 is 24.7 Å². The minimum Gasteiger partial charge on any atom is -0.304 e. The van der Waals surface area contributed by atoms with Crippen LogP contribution in [0.1, 0.15) is 20.3 Å². The summed E-state index contributed by atoms with van der Waals surface area (Å²) < 4.78 is 27.0. The van der Waals surface area contributed by atoms with Gasteiger partial charge >= 0.3 is 7.82 Å². The molecular weight excluding hydrogens is 289 g/mol. The van der Waals surface area contributed by atoms with Crippen LogP contribution in [0, 0.1) is 0 Å². The van der Waals surface area contributed by atoms with Crippen LogP contribution in [0.5, 0.6) is 0 Å². The van der Waals surface area contributed by atoms with Gasteiger partial charge < -0.3 is 4.90 Å².